The Balaban J connectivity index is 0.000000104. The first-order valence-electron chi connectivity index (χ1n) is 42.0. The number of H-pyrrole nitrogens is 1. The number of fused-ring (bicyclic) bond motifs is 18. The van der Waals surface area contributed by atoms with E-state index in [0.29, 0.717) is 5.46 Å². The van der Waals surface area contributed by atoms with E-state index in [1.165, 1.54) is 160 Å². The number of aromatic amines is 1. The summed E-state index contributed by atoms with van der Waals surface area (Å²) in [5.74, 6) is 0.928. The fourth-order valence-corrected chi connectivity index (χ4v) is 19.0. The normalized spacial score (nSPS) is 11.6. The molecule has 0 unspecified atom stereocenters. The van der Waals surface area contributed by atoms with Gasteiger partial charge in [0.1, 0.15) is 5.82 Å². The van der Waals surface area contributed by atoms with Gasteiger partial charge in [-0.05, 0) is 235 Å². The highest BCUT2D eigenvalue weighted by Crippen LogP contribution is 2.43. The second-order valence-corrected chi connectivity index (χ2v) is 32.7. The van der Waals surface area contributed by atoms with Gasteiger partial charge in [-0.1, -0.05) is 307 Å². The van der Waals surface area contributed by atoms with E-state index in [1.807, 2.05) is 60.8 Å². The van der Waals surface area contributed by atoms with Crippen LogP contribution in [0.25, 0.3) is 199 Å². The van der Waals surface area contributed by atoms with Gasteiger partial charge in [0.15, 0.2) is 0 Å². The standard InChI is InChI=1S/C41H27N3.C36H24N2.C24H18BNO2.C13H9Br/c1-2-10-28(11-3-1)29-17-21-32(22-18-29)43-37-14-6-4-12-33(37)35-26-30(19-23-39(35)43)31-20-24-40-36(27-31)34-13-5-7-15-38(34)44(40)41-16-8-9-25-42-41;1-2-8-24(9-3-1)25-14-18-28(19-15-25)38-35-13-7-5-11-30(35)32-23-27(17-21-36(32)38)26-16-20-34-31(22-26)29-10-4-6-12-33(29)37-34;27-25(28)19-12-15-24-22(16-19)21-8-4-5-9-23(21)26(24)20-13-10-18(11-14-20)17-6-2-1-3-7-17;14-11-6-5-10-7-9-3-1-2-4-12(9)13(10)8-11/h1-27H;1-23,37H;1-16,27-28H;1-6,8H,7H2. The molecule has 0 radical (unpaired) electrons. The van der Waals surface area contributed by atoms with Crippen LogP contribution in [-0.4, -0.2) is 45.4 Å². The lowest BCUT2D eigenvalue weighted by Crippen LogP contribution is -2.29. The fourth-order valence-electron chi connectivity index (χ4n) is 18.6. The van der Waals surface area contributed by atoms with Gasteiger partial charge in [0.25, 0.3) is 0 Å². The van der Waals surface area contributed by atoms with Gasteiger partial charge in [0.2, 0.25) is 0 Å². The SMILES string of the molecule is Brc1ccc2c(c1)-c1ccccc1C2.OB(O)c1ccc2c(c1)c1ccccc1n2-c1ccc(-c2ccccc2)cc1.c1ccc(-c2ccc(-n3c4ccccc4c4cc(-c5ccc6[nH]c7ccccc7c6c5)ccc43)cc2)cc1.c1ccc(-c2ccc(-n3c4ccccc4c4cc(-c5ccc6c(c5)c5ccccc5n6-c5ccccn5)ccc43)cc2)cc1. The number of halogens is 1. The Morgan fingerprint density at radius 2 is 0.581 bits per heavy atom. The van der Waals surface area contributed by atoms with Crippen molar-refractivity contribution in [3.8, 4) is 89.6 Å². The van der Waals surface area contributed by atoms with Crippen LogP contribution in [0, 0.1) is 0 Å². The highest BCUT2D eigenvalue weighted by atomic mass is 79.9. The summed E-state index contributed by atoms with van der Waals surface area (Å²) in [6, 6.07) is 155. The molecule has 3 N–H and O–H groups in total. The summed E-state index contributed by atoms with van der Waals surface area (Å²) in [6.07, 6.45) is 2.94. The maximum absolute atomic E-state index is 9.57. The Morgan fingerprint density at radius 3 is 1.04 bits per heavy atom. The lowest BCUT2D eigenvalue weighted by molar-refractivity contribution is 0.426. The first kappa shape index (κ1) is 74.8. The molecule has 0 saturated carbocycles. The first-order valence-corrected chi connectivity index (χ1v) is 42.8. The Morgan fingerprint density at radius 1 is 0.242 bits per heavy atom. The zero-order valence-electron chi connectivity index (χ0n) is 67.4. The maximum Gasteiger partial charge on any atom is 0.488 e. The van der Waals surface area contributed by atoms with Crippen molar-refractivity contribution in [2.75, 3.05) is 0 Å². The third-order valence-electron chi connectivity index (χ3n) is 24.5. The van der Waals surface area contributed by atoms with Crippen molar-refractivity contribution in [2.24, 2.45) is 0 Å². The van der Waals surface area contributed by atoms with E-state index in [2.05, 4.69) is 420 Å². The van der Waals surface area contributed by atoms with E-state index in [0.717, 1.165) is 60.9 Å². The van der Waals surface area contributed by atoms with E-state index in [-0.39, 0.29) is 0 Å². The number of hydrogen-bond acceptors (Lipinski definition) is 3. The van der Waals surface area contributed by atoms with Gasteiger partial charge in [-0.25, -0.2) is 4.98 Å². The molecule has 8 nitrogen and oxygen atoms in total. The molecule has 18 aromatic carbocycles. The number of para-hydroxylation sites is 5. The molecule has 0 fully saturated rings. The summed E-state index contributed by atoms with van der Waals surface area (Å²) in [5.41, 5.74) is 33.4. The molecule has 10 heteroatoms. The van der Waals surface area contributed by atoms with E-state index < -0.39 is 7.12 Å². The number of rotatable bonds is 10. The van der Waals surface area contributed by atoms with Gasteiger partial charge in [0, 0.05) is 92.6 Å². The molecule has 586 valence electrons. The van der Waals surface area contributed by atoms with Crippen LogP contribution in [0.3, 0.4) is 0 Å². The molecular weight excluding hydrogens is 1580 g/mol. The highest BCUT2D eigenvalue weighted by molar-refractivity contribution is 9.10. The summed E-state index contributed by atoms with van der Waals surface area (Å²) in [4.78, 5) is 8.22. The molecule has 0 atom stereocenters. The topological polar surface area (TPSA) is 88.9 Å². The molecule has 0 amide bonds. The lowest BCUT2D eigenvalue weighted by Gasteiger charge is -2.10. The van der Waals surface area contributed by atoms with Gasteiger partial charge in [-0.2, -0.15) is 0 Å². The number of hydrogen-bond donors (Lipinski definition) is 3. The number of aromatic nitrogens is 6. The number of benzene rings is 18. The Bertz CT molecular complexity index is 8160. The van der Waals surface area contributed by atoms with Crippen molar-refractivity contribution < 1.29 is 10.0 Å². The molecular formula is C114H78BBrN6O2. The molecule has 0 saturated heterocycles. The Labute approximate surface area is 725 Å². The summed E-state index contributed by atoms with van der Waals surface area (Å²) < 4.78 is 10.4. The minimum Gasteiger partial charge on any atom is -0.423 e. The highest BCUT2D eigenvalue weighted by Gasteiger charge is 2.22. The fraction of sp³-hybridized carbons (Fsp3) is 0.00877. The predicted octanol–water partition coefficient (Wildman–Crippen LogP) is 28.5. The van der Waals surface area contributed by atoms with Crippen molar-refractivity contribution >= 4 is 138 Å². The molecule has 6 heterocycles. The summed E-state index contributed by atoms with van der Waals surface area (Å²) in [7, 11) is -1.48. The smallest absolute Gasteiger partial charge is 0.423 e. The second kappa shape index (κ2) is 31.9. The summed E-state index contributed by atoms with van der Waals surface area (Å²) in [5, 5.41) is 31.3. The molecule has 1 aliphatic carbocycles. The van der Waals surface area contributed by atoms with E-state index >= 15 is 0 Å². The Kier molecular flexibility index (Phi) is 19.3. The summed E-state index contributed by atoms with van der Waals surface area (Å²) in [6.45, 7) is 0. The van der Waals surface area contributed by atoms with Crippen LogP contribution in [-0.2, 0) is 6.42 Å². The van der Waals surface area contributed by atoms with Crippen molar-refractivity contribution in [2.45, 2.75) is 6.42 Å². The van der Waals surface area contributed by atoms with Crippen LogP contribution in [0.4, 0.5) is 0 Å². The third-order valence-corrected chi connectivity index (χ3v) is 25.0. The van der Waals surface area contributed by atoms with E-state index in [9.17, 15) is 10.0 Å². The molecule has 24 aromatic rings. The Hall–Kier alpha value is -15.4. The van der Waals surface area contributed by atoms with Crippen LogP contribution in [0.5, 0.6) is 0 Å². The molecule has 1 aliphatic rings. The average molecular weight is 1650 g/mol. The first-order chi connectivity index (χ1) is 61.2. The largest absolute Gasteiger partial charge is 0.488 e. The van der Waals surface area contributed by atoms with Crippen LogP contribution in [0.15, 0.2) is 447 Å². The zero-order valence-corrected chi connectivity index (χ0v) is 69.0. The molecule has 0 aliphatic heterocycles. The van der Waals surface area contributed by atoms with Crippen LogP contribution < -0.4 is 5.46 Å². The van der Waals surface area contributed by atoms with Crippen LogP contribution in [0.2, 0.25) is 0 Å². The quantitative estimate of drug-likeness (QED) is 0.119. The van der Waals surface area contributed by atoms with E-state index in [1.54, 1.807) is 6.07 Å². The zero-order chi connectivity index (χ0) is 82.7. The van der Waals surface area contributed by atoms with Gasteiger partial charge < -0.3 is 28.7 Å². The minimum atomic E-state index is -1.48. The molecule has 0 bridgehead atoms. The monoisotopic (exact) mass is 1650 g/mol. The maximum atomic E-state index is 9.57. The third kappa shape index (κ3) is 13.7. The number of nitrogens with one attached hydrogen (secondary N) is 1. The lowest BCUT2D eigenvalue weighted by atomic mass is 9.80. The van der Waals surface area contributed by atoms with Gasteiger partial charge in [-0.15, -0.1) is 0 Å². The van der Waals surface area contributed by atoms with Crippen molar-refractivity contribution in [3.63, 3.8) is 0 Å². The van der Waals surface area contributed by atoms with Crippen LogP contribution in [0.1, 0.15) is 11.1 Å². The number of pyridine rings is 1. The molecule has 25 rings (SSSR count). The van der Waals surface area contributed by atoms with Crippen molar-refractivity contribution in [1.29, 1.82) is 0 Å². The molecule has 124 heavy (non-hydrogen) atoms. The van der Waals surface area contributed by atoms with Gasteiger partial charge >= 0.3 is 7.12 Å². The predicted molar refractivity (Wildman–Crippen MR) is 523 cm³/mol. The molecule has 6 aromatic heterocycles. The van der Waals surface area contributed by atoms with Crippen LogP contribution >= 0.6 is 15.9 Å². The minimum absolute atomic E-state index is 0.495. The van der Waals surface area contributed by atoms with Crippen molar-refractivity contribution in [1.82, 2.24) is 28.2 Å². The second-order valence-electron chi connectivity index (χ2n) is 31.7. The average Bonchev–Trinajstić information content (AvgIpc) is 1.58. The van der Waals surface area contributed by atoms with Gasteiger partial charge in [-0.3, -0.25) is 4.57 Å². The summed E-state index contributed by atoms with van der Waals surface area (Å²) >= 11 is 3.52. The van der Waals surface area contributed by atoms with Crippen molar-refractivity contribution in [3.05, 3.63) is 459 Å². The van der Waals surface area contributed by atoms with E-state index in [4.69, 9.17) is 0 Å². The number of nitrogens with zero attached hydrogens (tertiary/aromatic N) is 5. The van der Waals surface area contributed by atoms with Gasteiger partial charge in [0.05, 0.1) is 44.1 Å². The molecule has 0 spiro atoms.